The van der Waals surface area contributed by atoms with Crippen molar-refractivity contribution in [2.75, 3.05) is 25.5 Å². The second-order valence-corrected chi connectivity index (χ2v) is 8.42. The third-order valence-electron chi connectivity index (χ3n) is 5.33. The van der Waals surface area contributed by atoms with E-state index < -0.39 is 23.8 Å². The minimum atomic E-state index is -0.619. The summed E-state index contributed by atoms with van der Waals surface area (Å²) in [6, 6.07) is 7.09. The van der Waals surface area contributed by atoms with Gasteiger partial charge in [-0.2, -0.15) is 0 Å². The first-order valence-corrected chi connectivity index (χ1v) is 11.0. The molecule has 3 rings (SSSR count). The van der Waals surface area contributed by atoms with Crippen LogP contribution in [0.15, 0.2) is 24.3 Å². The third-order valence-corrected chi connectivity index (χ3v) is 6.54. The Bertz CT molecular complexity index is 1060. The van der Waals surface area contributed by atoms with E-state index in [0.29, 0.717) is 23.4 Å². The van der Waals surface area contributed by atoms with Gasteiger partial charge < -0.3 is 21.1 Å². The van der Waals surface area contributed by atoms with E-state index in [9.17, 15) is 19.2 Å². The van der Waals surface area contributed by atoms with Gasteiger partial charge in [0.05, 0.1) is 29.6 Å². The number of nitrogens with one attached hydrogen (secondary N) is 2. The zero-order valence-corrected chi connectivity index (χ0v) is 19.0. The molecule has 1 atom stereocenters. The lowest BCUT2D eigenvalue weighted by Crippen LogP contribution is -2.50. The summed E-state index contributed by atoms with van der Waals surface area (Å²) in [4.78, 5) is 51.6. The minimum absolute atomic E-state index is 0.101. The van der Waals surface area contributed by atoms with Crippen LogP contribution >= 0.6 is 11.3 Å². The van der Waals surface area contributed by atoms with E-state index in [2.05, 4.69) is 10.6 Å². The number of primary amides is 1. The fraction of sp³-hybridized carbons (Fsp3) is 0.364. The number of rotatable bonds is 7. The molecular weight excluding hydrogens is 432 g/mol. The van der Waals surface area contributed by atoms with Crippen LogP contribution in [0.5, 0.6) is 0 Å². The highest BCUT2D eigenvalue weighted by atomic mass is 32.1. The molecule has 1 aliphatic rings. The molecule has 170 valence electrons. The van der Waals surface area contributed by atoms with Crippen molar-refractivity contribution in [3.05, 3.63) is 51.4 Å². The third kappa shape index (κ3) is 4.81. The van der Waals surface area contributed by atoms with Gasteiger partial charge in [-0.05, 0) is 37.0 Å². The number of nitrogens with zero attached hydrogens (tertiary/aromatic N) is 1. The second-order valence-electron chi connectivity index (χ2n) is 7.40. The summed E-state index contributed by atoms with van der Waals surface area (Å²) in [5, 5.41) is 5.49. The van der Waals surface area contributed by atoms with E-state index in [1.54, 1.807) is 18.7 Å². The van der Waals surface area contributed by atoms with Crippen molar-refractivity contribution in [2.45, 2.75) is 32.9 Å². The number of fused-ring (bicyclic) bond motifs is 1. The van der Waals surface area contributed by atoms with Crippen molar-refractivity contribution in [3.63, 3.8) is 0 Å². The number of hydrogen-bond acceptors (Lipinski definition) is 7. The van der Waals surface area contributed by atoms with Gasteiger partial charge in [-0.1, -0.05) is 24.3 Å². The molecule has 2 heterocycles. The van der Waals surface area contributed by atoms with Crippen LogP contribution in [0.2, 0.25) is 0 Å². The molecule has 10 heteroatoms. The Morgan fingerprint density at radius 2 is 1.91 bits per heavy atom. The number of benzene rings is 1. The van der Waals surface area contributed by atoms with Gasteiger partial charge in [0.25, 0.3) is 5.91 Å². The first-order chi connectivity index (χ1) is 15.3. The maximum absolute atomic E-state index is 12.9. The Morgan fingerprint density at radius 1 is 1.22 bits per heavy atom. The summed E-state index contributed by atoms with van der Waals surface area (Å²) in [5.74, 6) is -1.91. The van der Waals surface area contributed by atoms with Gasteiger partial charge in [-0.15, -0.1) is 11.3 Å². The number of ether oxygens (including phenoxy) is 1. The van der Waals surface area contributed by atoms with E-state index in [4.69, 9.17) is 10.5 Å². The van der Waals surface area contributed by atoms with Gasteiger partial charge in [0.15, 0.2) is 0 Å². The van der Waals surface area contributed by atoms with E-state index in [-0.39, 0.29) is 29.6 Å². The van der Waals surface area contributed by atoms with Gasteiger partial charge in [-0.25, -0.2) is 4.79 Å². The second kappa shape index (κ2) is 9.92. The summed E-state index contributed by atoms with van der Waals surface area (Å²) in [7, 11) is 1.49. The van der Waals surface area contributed by atoms with Gasteiger partial charge in [0, 0.05) is 13.6 Å². The molecule has 3 amide bonds. The number of amides is 3. The van der Waals surface area contributed by atoms with Gasteiger partial charge >= 0.3 is 5.97 Å². The molecule has 9 nitrogen and oxygen atoms in total. The van der Waals surface area contributed by atoms with Crippen LogP contribution in [0, 0.1) is 6.92 Å². The highest BCUT2D eigenvalue weighted by Crippen LogP contribution is 2.34. The van der Waals surface area contributed by atoms with Crippen LogP contribution in [0.25, 0.3) is 0 Å². The normalized spacial score (nSPS) is 15.5. The highest BCUT2D eigenvalue weighted by molar-refractivity contribution is 7.18. The van der Waals surface area contributed by atoms with E-state index in [1.807, 2.05) is 24.3 Å². The molecule has 1 aliphatic heterocycles. The van der Waals surface area contributed by atoms with Crippen LogP contribution in [-0.2, 0) is 27.3 Å². The number of nitrogens with two attached hydrogens (primary N) is 1. The molecule has 0 radical (unpaired) electrons. The molecular formula is C22H26N4O5S. The number of anilines is 1. The molecule has 0 saturated heterocycles. The maximum atomic E-state index is 12.9. The number of carbonyl (C=O) groups is 4. The predicted molar refractivity (Wildman–Crippen MR) is 121 cm³/mol. The predicted octanol–water partition coefficient (Wildman–Crippen LogP) is 1.44. The topological polar surface area (TPSA) is 131 Å². The molecule has 2 aromatic rings. The maximum Gasteiger partial charge on any atom is 0.341 e. The Balaban J connectivity index is 1.84. The largest absolute Gasteiger partial charge is 0.462 e. The number of carbonyl (C=O) groups excluding carboxylic acids is 4. The monoisotopic (exact) mass is 458 g/mol. The number of esters is 1. The molecule has 1 unspecified atom stereocenters. The average Bonchev–Trinajstić information content (AvgIpc) is 3.08. The Labute approximate surface area is 189 Å². The molecule has 0 aliphatic carbocycles. The van der Waals surface area contributed by atoms with E-state index >= 15 is 0 Å². The summed E-state index contributed by atoms with van der Waals surface area (Å²) in [6.45, 7) is 3.76. The lowest BCUT2D eigenvalue weighted by molar-refractivity contribution is -0.125. The summed E-state index contributed by atoms with van der Waals surface area (Å²) in [5.41, 5.74) is 8.24. The lowest BCUT2D eigenvalue weighted by Gasteiger charge is -2.34. The Kier molecular flexibility index (Phi) is 7.26. The first kappa shape index (κ1) is 23.4. The van der Waals surface area contributed by atoms with Crippen LogP contribution < -0.4 is 16.4 Å². The Hall–Kier alpha value is -3.24. The van der Waals surface area contributed by atoms with E-state index in [0.717, 1.165) is 22.5 Å². The summed E-state index contributed by atoms with van der Waals surface area (Å²) in [6.07, 6.45) is 0.422. The zero-order valence-electron chi connectivity index (χ0n) is 18.2. The van der Waals surface area contributed by atoms with Crippen molar-refractivity contribution in [1.29, 1.82) is 0 Å². The van der Waals surface area contributed by atoms with E-state index in [1.165, 1.54) is 7.05 Å². The molecule has 1 aromatic heterocycles. The van der Waals surface area contributed by atoms with Crippen molar-refractivity contribution in [3.8, 4) is 0 Å². The fourth-order valence-corrected chi connectivity index (χ4v) is 4.91. The minimum Gasteiger partial charge on any atom is -0.462 e. The first-order valence-electron chi connectivity index (χ1n) is 10.2. The SMILES string of the molecule is CCOC(=O)c1c(NC(=O)CN2Cc3ccccc3CC2C(N)=O)sc(C(=O)NC)c1C. The van der Waals surface area contributed by atoms with Crippen molar-refractivity contribution in [2.24, 2.45) is 5.73 Å². The van der Waals surface area contributed by atoms with Crippen LogP contribution in [-0.4, -0.2) is 54.8 Å². The fourth-order valence-electron chi connectivity index (χ4n) is 3.76. The van der Waals surface area contributed by atoms with Gasteiger partial charge in [0.2, 0.25) is 11.8 Å². The standard InChI is InChI=1S/C22H26N4O5S/c1-4-31-22(30)17-12(2)18(20(29)24-3)32-21(17)25-16(27)11-26-10-14-8-6-5-7-13(14)9-15(26)19(23)28/h5-8,15H,4,9-11H2,1-3H3,(H2,23,28)(H,24,29)(H,25,27). The van der Waals surface area contributed by atoms with Crippen molar-refractivity contribution >= 4 is 40.0 Å². The quantitative estimate of drug-likeness (QED) is 0.538. The molecule has 0 bridgehead atoms. The summed E-state index contributed by atoms with van der Waals surface area (Å²) < 4.78 is 5.11. The smallest absolute Gasteiger partial charge is 0.341 e. The average molecular weight is 459 g/mol. The molecule has 0 spiro atoms. The number of thiophene rings is 1. The molecule has 0 fully saturated rings. The van der Waals surface area contributed by atoms with Gasteiger partial charge in [0.1, 0.15) is 5.00 Å². The number of hydrogen-bond donors (Lipinski definition) is 3. The van der Waals surface area contributed by atoms with Gasteiger partial charge in [-0.3, -0.25) is 19.3 Å². The van der Waals surface area contributed by atoms with Crippen LogP contribution in [0.3, 0.4) is 0 Å². The Morgan fingerprint density at radius 3 is 2.53 bits per heavy atom. The molecule has 32 heavy (non-hydrogen) atoms. The summed E-state index contributed by atoms with van der Waals surface area (Å²) >= 11 is 1.00. The van der Waals surface area contributed by atoms with Crippen molar-refractivity contribution in [1.82, 2.24) is 10.2 Å². The zero-order chi connectivity index (χ0) is 23.4. The molecule has 0 saturated carbocycles. The van der Waals surface area contributed by atoms with Crippen LogP contribution in [0.1, 0.15) is 43.6 Å². The van der Waals surface area contributed by atoms with Crippen molar-refractivity contribution < 1.29 is 23.9 Å². The lowest BCUT2D eigenvalue weighted by atomic mass is 9.93. The molecule has 1 aromatic carbocycles. The highest BCUT2D eigenvalue weighted by Gasteiger charge is 2.32. The van der Waals surface area contributed by atoms with Crippen LogP contribution in [0.4, 0.5) is 5.00 Å². The molecule has 4 N–H and O–H groups in total.